The fourth-order valence-corrected chi connectivity index (χ4v) is 2.85. The van der Waals surface area contributed by atoms with Crippen molar-refractivity contribution in [3.8, 4) is 0 Å². The Morgan fingerprint density at radius 2 is 1.89 bits per heavy atom. The molecule has 1 atom stereocenters. The number of hydrogen-bond acceptors (Lipinski definition) is 1. The molecule has 92 valence electrons. The van der Waals surface area contributed by atoms with Crippen molar-refractivity contribution in [3.63, 3.8) is 0 Å². The Morgan fingerprint density at radius 1 is 1.06 bits per heavy atom. The molecule has 2 aromatic rings. The molecule has 0 radical (unpaired) electrons. The second-order valence-electron chi connectivity index (χ2n) is 5.24. The van der Waals surface area contributed by atoms with Crippen LogP contribution < -0.4 is 5.32 Å². The maximum atomic E-state index is 3.57. The number of fused-ring (bicyclic) bond motifs is 1. The molecule has 0 saturated carbocycles. The molecule has 18 heavy (non-hydrogen) atoms. The summed E-state index contributed by atoms with van der Waals surface area (Å²) in [4.78, 5) is 0. The Labute approximate surface area is 109 Å². The summed E-state index contributed by atoms with van der Waals surface area (Å²) >= 11 is 0. The second kappa shape index (κ2) is 4.85. The van der Waals surface area contributed by atoms with Gasteiger partial charge in [0.1, 0.15) is 0 Å². The maximum absolute atomic E-state index is 3.57. The van der Waals surface area contributed by atoms with Crippen molar-refractivity contribution in [1.29, 1.82) is 0 Å². The summed E-state index contributed by atoms with van der Waals surface area (Å²) < 4.78 is 0. The van der Waals surface area contributed by atoms with Gasteiger partial charge in [-0.1, -0.05) is 42.5 Å². The van der Waals surface area contributed by atoms with Crippen LogP contribution in [0.1, 0.15) is 16.7 Å². The van der Waals surface area contributed by atoms with Crippen molar-refractivity contribution in [2.75, 3.05) is 11.9 Å². The number of anilines is 1. The molecule has 0 fully saturated rings. The molecule has 1 unspecified atom stereocenters. The Balaban J connectivity index is 1.77. The largest absolute Gasteiger partial charge is 0.385 e. The van der Waals surface area contributed by atoms with Gasteiger partial charge in [-0.2, -0.15) is 0 Å². The van der Waals surface area contributed by atoms with Gasteiger partial charge in [0.25, 0.3) is 0 Å². The molecular weight excluding hydrogens is 218 g/mol. The first kappa shape index (κ1) is 11.3. The van der Waals surface area contributed by atoms with E-state index in [1.54, 1.807) is 0 Å². The summed E-state index contributed by atoms with van der Waals surface area (Å²) in [5.74, 6) is 0.709. The van der Waals surface area contributed by atoms with Crippen LogP contribution in [0.25, 0.3) is 0 Å². The predicted molar refractivity (Wildman–Crippen MR) is 77.0 cm³/mol. The molecule has 0 saturated heterocycles. The zero-order valence-electron chi connectivity index (χ0n) is 10.8. The smallest absolute Gasteiger partial charge is 0.0375 e. The first-order valence-corrected chi connectivity index (χ1v) is 6.69. The van der Waals surface area contributed by atoms with E-state index in [-0.39, 0.29) is 0 Å². The normalized spacial score (nSPS) is 17.9. The Morgan fingerprint density at radius 3 is 2.72 bits per heavy atom. The summed E-state index contributed by atoms with van der Waals surface area (Å²) in [6.45, 7) is 3.30. The molecule has 3 rings (SSSR count). The first-order chi connectivity index (χ1) is 8.83. The number of aryl methyl sites for hydroxylation is 1. The van der Waals surface area contributed by atoms with Crippen LogP contribution in [-0.4, -0.2) is 6.54 Å². The lowest BCUT2D eigenvalue weighted by Gasteiger charge is -2.27. The molecule has 0 aromatic heterocycles. The molecule has 1 aliphatic rings. The lowest BCUT2D eigenvalue weighted by molar-refractivity contribution is 0.534. The molecule has 2 aromatic carbocycles. The van der Waals surface area contributed by atoms with Crippen LogP contribution in [0.5, 0.6) is 0 Å². The topological polar surface area (TPSA) is 12.0 Å². The van der Waals surface area contributed by atoms with Gasteiger partial charge in [-0.05, 0) is 48.4 Å². The van der Waals surface area contributed by atoms with Gasteiger partial charge in [0.05, 0.1) is 0 Å². The van der Waals surface area contributed by atoms with Gasteiger partial charge in [0.2, 0.25) is 0 Å². The molecule has 1 heteroatoms. The third-order valence-corrected chi connectivity index (χ3v) is 3.85. The highest BCUT2D eigenvalue weighted by Gasteiger charge is 2.19. The summed E-state index contributed by atoms with van der Waals surface area (Å²) in [7, 11) is 0. The Hall–Kier alpha value is -1.76. The first-order valence-electron chi connectivity index (χ1n) is 6.69. The van der Waals surface area contributed by atoms with Gasteiger partial charge in [-0.15, -0.1) is 0 Å². The van der Waals surface area contributed by atoms with Crippen LogP contribution in [0.4, 0.5) is 5.69 Å². The molecule has 1 nitrogen and oxygen atoms in total. The van der Waals surface area contributed by atoms with E-state index in [0.717, 1.165) is 6.54 Å². The van der Waals surface area contributed by atoms with E-state index in [9.17, 15) is 0 Å². The average molecular weight is 237 g/mol. The van der Waals surface area contributed by atoms with Gasteiger partial charge in [0, 0.05) is 12.2 Å². The van der Waals surface area contributed by atoms with Crippen LogP contribution >= 0.6 is 0 Å². The maximum Gasteiger partial charge on any atom is 0.0375 e. The minimum atomic E-state index is 0.709. The fourth-order valence-electron chi connectivity index (χ4n) is 2.85. The van der Waals surface area contributed by atoms with Crippen molar-refractivity contribution in [2.24, 2.45) is 5.92 Å². The molecule has 1 heterocycles. The highest BCUT2D eigenvalue weighted by molar-refractivity contribution is 5.56. The minimum absolute atomic E-state index is 0.709. The van der Waals surface area contributed by atoms with Crippen molar-refractivity contribution in [2.45, 2.75) is 19.8 Å². The molecule has 0 aliphatic carbocycles. The Kier molecular flexibility index (Phi) is 3.06. The van der Waals surface area contributed by atoms with E-state index in [0.29, 0.717) is 5.92 Å². The van der Waals surface area contributed by atoms with Crippen molar-refractivity contribution >= 4 is 5.69 Å². The van der Waals surface area contributed by atoms with E-state index in [1.807, 2.05) is 0 Å². The number of hydrogen-bond donors (Lipinski definition) is 1. The van der Waals surface area contributed by atoms with E-state index in [2.05, 4.69) is 60.8 Å². The average Bonchev–Trinajstić information content (AvgIpc) is 2.41. The monoisotopic (exact) mass is 237 g/mol. The molecule has 0 spiro atoms. The third-order valence-electron chi connectivity index (χ3n) is 3.85. The van der Waals surface area contributed by atoms with Crippen LogP contribution in [0, 0.1) is 12.8 Å². The number of benzene rings is 2. The van der Waals surface area contributed by atoms with Crippen molar-refractivity contribution in [3.05, 3.63) is 65.2 Å². The molecule has 1 N–H and O–H groups in total. The molecule has 1 aliphatic heterocycles. The lowest BCUT2D eigenvalue weighted by Crippen LogP contribution is -2.25. The quantitative estimate of drug-likeness (QED) is 0.837. The van der Waals surface area contributed by atoms with E-state index in [4.69, 9.17) is 0 Å². The highest BCUT2D eigenvalue weighted by atomic mass is 14.9. The zero-order chi connectivity index (χ0) is 12.4. The Bertz CT molecular complexity index is 531. The summed E-state index contributed by atoms with van der Waals surface area (Å²) in [6.07, 6.45) is 2.37. The van der Waals surface area contributed by atoms with Crippen LogP contribution in [-0.2, 0) is 12.8 Å². The van der Waals surface area contributed by atoms with Gasteiger partial charge in [-0.25, -0.2) is 0 Å². The molecular formula is C17H19N. The number of nitrogens with one attached hydrogen (secondary N) is 1. The molecule has 0 amide bonds. The van der Waals surface area contributed by atoms with Gasteiger partial charge in [-0.3, -0.25) is 0 Å². The van der Waals surface area contributed by atoms with Gasteiger partial charge < -0.3 is 5.32 Å². The standard InChI is InChI=1S/C17H19N/c1-13-6-5-9-17-16(13)11-15(12-18-17)10-14-7-3-2-4-8-14/h2-9,15,18H,10-12H2,1H3. The lowest BCUT2D eigenvalue weighted by atomic mass is 9.87. The van der Waals surface area contributed by atoms with Crippen LogP contribution in [0.2, 0.25) is 0 Å². The highest BCUT2D eigenvalue weighted by Crippen LogP contribution is 2.28. The third kappa shape index (κ3) is 2.26. The molecule has 0 bridgehead atoms. The summed E-state index contributed by atoms with van der Waals surface area (Å²) in [5.41, 5.74) is 5.70. The van der Waals surface area contributed by atoms with Crippen molar-refractivity contribution < 1.29 is 0 Å². The van der Waals surface area contributed by atoms with Gasteiger partial charge >= 0.3 is 0 Å². The minimum Gasteiger partial charge on any atom is -0.385 e. The van der Waals surface area contributed by atoms with E-state index in [1.165, 1.54) is 35.2 Å². The van der Waals surface area contributed by atoms with E-state index >= 15 is 0 Å². The second-order valence-corrected chi connectivity index (χ2v) is 5.24. The van der Waals surface area contributed by atoms with Crippen molar-refractivity contribution in [1.82, 2.24) is 0 Å². The van der Waals surface area contributed by atoms with E-state index < -0.39 is 0 Å². The fraction of sp³-hybridized carbons (Fsp3) is 0.294. The van der Waals surface area contributed by atoms with Crippen LogP contribution in [0.3, 0.4) is 0 Å². The predicted octanol–water partition coefficient (Wildman–Crippen LogP) is 3.82. The summed E-state index contributed by atoms with van der Waals surface area (Å²) in [5, 5.41) is 3.57. The number of rotatable bonds is 2. The van der Waals surface area contributed by atoms with Crippen LogP contribution in [0.15, 0.2) is 48.5 Å². The summed E-state index contributed by atoms with van der Waals surface area (Å²) in [6, 6.07) is 17.4. The SMILES string of the molecule is Cc1cccc2c1CC(Cc1ccccc1)CN2. The zero-order valence-corrected chi connectivity index (χ0v) is 10.8. The van der Waals surface area contributed by atoms with Gasteiger partial charge in [0.15, 0.2) is 0 Å².